The lowest BCUT2D eigenvalue weighted by molar-refractivity contribution is 0.106. The zero-order valence-corrected chi connectivity index (χ0v) is 11.2. The SMILES string of the molecule is CCCNC(C)CC(C)(C)C(C)(C)C. The van der Waals surface area contributed by atoms with Gasteiger partial charge in [-0.15, -0.1) is 0 Å². The van der Waals surface area contributed by atoms with E-state index in [1.807, 2.05) is 0 Å². The third kappa shape index (κ3) is 4.45. The van der Waals surface area contributed by atoms with Gasteiger partial charge < -0.3 is 5.32 Å². The second kappa shape index (κ2) is 5.16. The summed E-state index contributed by atoms with van der Waals surface area (Å²) >= 11 is 0. The van der Waals surface area contributed by atoms with Crippen LogP contribution in [0.1, 0.15) is 61.3 Å². The maximum Gasteiger partial charge on any atom is 0.00440 e. The van der Waals surface area contributed by atoms with Gasteiger partial charge in [0.1, 0.15) is 0 Å². The summed E-state index contributed by atoms with van der Waals surface area (Å²) in [4.78, 5) is 0. The van der Waals surface area contributed by atoms with Gasteiger partial charge in [0.25, 0.3) is 0 Å². The lowest BCUT2D eigenvalue weighted by Gasteiger charge is -2.41. The molecule has 1 heteroatoms. The van der Waals surface area contributed by atoms with E-state index < -0.39 is 0 Å². The van der Waals surface area contributed by atoms with E-state index in [1.54, 1.807) is 0 Å². The highest BCUT2D eigenvalue weighted by atomic mass is 14.9. The van der Waals surface area contributed by atoms with Gasteiger partial charge in [0.05, 0.1) is 0 Å². The summed E-state index contributed by atoms with van der Waals surface area (Å²) in [6, 6.07) is 0.629. The molecule has 0 saturated heterocycles. The molecule has 0 bridgehead atoms. The Morgan fingerprint density at radius 3 is 1.93 bits per heavy atom. The molecule has 1 atom stereocenters. The maximum absolute atomic E-state index is 3.56. The number of hydrogen-bond donors (Lipinski definition) is 1. The van der Waals surface area contributed by atoms with Crippen LogP contribution >= 0.6 is 0 Å². The fraction of sp³-hybridized carbons (Fsp3) is 1.00. The van der Waals surface area contributed by atoms with Gasteiger partial charge in [-0.2, -0.15) is 0 Å². The summed E-state index contributed by atoms with van der Waals surface area (Å²) in [7, 11) is 0. The van der Waals surface area contributed by atoms with Crippen molar-refractivity contribution >= 4 is 0 Å². The fourth-order valence-corrected chi connectivity index (χ4v) is 1.53. The van der Waals surface area contributed by atoms with E-state index in [0.717, 1.165) is 6.54 Å². The summed E-state index contributed by atoms with van der Waals surface area (Å²) in [6.45, 7) is 17.4. The molecule has 0 amide bonds. The molecule has 14 heavy (non-hydrogen) atoms. The molecule has 0 aliphatic rings. The van der Waals surface area contributed by atoms with Gasteiger partial charge in [-0.05, 0) is 37.1 Å². The van der Waals surface area contributed by atoms with Crippen molar-refractivity contribution in [3.8, 4) is 0 Å². The highest BCUT2D eigenvalue weighted by Crippen LogP contribution is 2.41. The lowest BCUT2D eigenvalue weighted by atomic mass is 9.66. The summed E-state index contributed by atoms with van der Waals surface area (Å²) in [5, 5.41) is 3.56. The number of rotatable bonds is 5. The summed E-state index contributed by atoms with van der Waals surface area (Å²) < 4.78 is 0. The minimum atomic E-state index is 0.384. The molecular formula is C13H29N. The molecule has 0 aromatic carbocycles. The maximum atomic E-state index is 3.56. The third-order valence-electron chi connectivity index (χ3n) is 3.59. The van der Waals surface area contributed by atoms with Gasteiger partial charge in [-0.25, -0.2) is 0 Å². The molecule has 1 nitrogen and oxygen atoms in total. The van der Waals surface area contributed by atoms with Crippen LogP contribution in [0, 0.1) is 10.8 Å². The van der Waals surface area contributed by atoms with Gasteiger partial charge in [0.2, 0.25) is 0 Å². The fourth-order valence-electron chi connectivity index (χ4n) is 1.53. The highest BCUT2D eigenvalue weighted by molar-refractivity contribution is 4.85. The number of nitrogens with one attached hydrogen (secondary N) is 1. The largest absolute Gasteiger partial charge is 0.314 e. The Morgan fingerprint density at radius 2 is 1.57 bits per heavy atom. The Hall–Kier alpha value is -0.0400. The van der Waals surface area contributed by atoms with Crippen LogP contribution in [0.2, 0.25) is 0 Å². The van der Waals surface area contributed by atoms with E-state index in [9.17, 15) is 0 Å². The van der Waals surface area contributed by atoms with E-state index >= 15 is 0 Å². The molecule has 0 fully saturated rings. The molecule has 0 aliphatic heterocycles. The molecule has 0 saturated carbocycles. The molecule has 0 heterocycles. The smallest absolute Gasteiger partial charge is 0.00440 e. The van der Waals surface area contributed by atoms with Crippen LogP contribution in [0.5, 0.6) is 0 Å². The van der Waals surface area contributed by atoms with Crippen molar-refractivity contribution in [2.24, 2.45) is 10.8 Å². The van der Waals surface area contributed by atoms with Crippen LogP contribution in [0.4, 0.5) is 0 Å². The Labute approximate surface area is 90.7 Å². The summed E-state index contributed by atoms with van der Waals surface area (Å²) in [5.41, 5.74) is 0.780. The lowest BCUT2D eigenvalue weighted by Crippen LogP contribution is -2.38. The monoisotopic (exact) mass is 199 g/mol. The average molecular weight is 199 g/mol. The minimum Gasteiger partial charge on any atom is -0.314 e. The van der Waals surface area contributed by atoms with Gasteiger partial charge >= 0.3 is 0 Å². The van der Waals surface area contributed by atoms with Crippen LogP contribution < -0.4 is 5.32 Å². The van der Waals surface area contributed by atoms with Crippen molar-refractivity contribution in [2.45, 2.75) is 67.3 Å². The van der Waals surface area contributed by atoms with Gasteiger partial charge in [0.15, 0.2) is 0 Å². The predicted molar refractivity (Wildman–Crippen MR) is 65.6 cm³/mol. The zero-order chi connectivity index (χ0) is 11.4. The van der Waals surface area contributed by atoms with Crippen molar-refractivity contribution in [2.75, 3.05) is 6.54 Å². The Bertz CT molecular complexity index is 153. The van der Waals surface area contributed by atoms with Crippen molar-refractivity contribution in [3.63, 3.8) is 0 Å². The van der Waals surface area contributed by atoms with Gasteiger partial charge in [-0.3, -0.25) is 0 Å². The Balaban J connectivity index is 4.08. The van der Waals surface area contributed by atoms with E-state index in [1.165, 1.54) is 12.8 Å². The second-order valence-electron chi connectivity index (χ2n) is 6.19. The topological polar surface area (TPSA) is 12.0 Å². The van der Waals surface area contributed by atoms with Crippen LogP contribution in [0.25, 0.3) is 0 Å². The first-order chi connectivity index (χ1) is 6.20. The van der Waals surface area contributed by atoms with Crippen molar-refractivity contribution in [1.29, 1.82) is 0 Å². The van der Waals surface area contributed by atoms with E-state index in [0.29, 0.717) is 16.9 Å². The van der Waals surface area contributed by atoms with Crippen molar-refractivity contribution in [3.05, 3.63) is 0 Å². The average Bonchev–Trinajstić information content (AvgIpc) is 1.97. The van der Waals surface area contributed by atoms with E-state index in [2.05, 4.69) is 53.8 Å². The van der Waals surface area contributed by atoms with E-state index in [-0.39, 0.29) is 0 Å². The molecule has 0 spiro atoms. The van der Waals surface area contributed by atoms with Crippen molar-refractivity contribution < 1.29 is 0 Å². The molecule has 1 unspecified atom stereocenters. The van der Waals surface area contributed by atoms with Crippen LogP contribution in [0.3, 0.4) is 0 Å². The minimum absolute atomic E-state index is 0.384. The zero-order valence-electron chi connectivity index (χ0n) is 11.2. The van der Waals surface area contributed by atoms with Crippen LogP contribution in [0.15, 0.2) is 0 Å². The second-order valence-corrected chi connectivity index (χ2v) is 6.19. The summed E-state index contributed by atoms with van der Waals surface area (Å²) in [5.74, 6) is 0. The Morgan fingerprint density at radius 1 is 1.07 bits per heavy atom. The molecule has 0 aromatic rings. The van der Waals surface area contributed by atoms with Crippen LogP contribution in [-0.4, -0.2) is 12.6 Å². The first-order valence-electron chi connectivity index (χ1n) is 5.94. The first kappa shape index (κ1) is 14.0. The number of hydrogen-bond acceptors (Lipinski definition) is 1. The van der Waals surface area contributed by atoms with E-state index in [4.69, 9.17) is 0 Å². The molecule has 0 aliphatic carbocycles. The molecule has 0 aromatic heterocycles. The van der Waals surface area contributed by atoms with Gasteiger partial charge in [0, 0.05) is 6.04 Å². The predicted octanol–water partition coefficient (Wildman–Crippen LogP) is 3.84. The third-order valence-corrected chi connectivity index (χ3v) is 3.59. The molecule has 86 valence electrons. The van der Waals surface area contributed by atoms with Crippen LogP contribution in [-0.2, 0) is 0 Å². The molecule has 1 N–H and O–H groups in total. The molecule has 0 rings (SSSR count). The molecular weight excluding hydrogens is 170 g/mol. The highest BCUT2D eigenvalue weighted by Gasteiger charge is 2.33. The van der Waals surface area contributed by atoms with Gasteiger partial charge in [-0.1, -0.05) is 41.5 Å². The molecule has 0 radical (unpaired) electrons. The van der Waals surface area contributed by atoms with Crippen molar-refractivity contribution in [1.82, 2.24) is 5.32 Å². The first-order valence-corrected chi connectivity index (χ1v) is 5.94. The summed E-state index contributed by atoms with van der Waals surface area (Å²) in [6.07, 6.45) is 2.47. The Kier molecular flexibility index (Phi) is 5.14. The standard InChI is InChI=1S/C13H29N/c1-8-9-14-11(2)10-13(6,7)12(3,4)5/h11,14H,8-10H2,1-7H3. The normalized spacial score (nSPS) is 15.6. The quantitative estimate of drug-likeness (QED) is 0.709.